The first-order valence-corrected chi connectivity index (χ1v) is 7.50. The van der Waals surface area contributed by atoms with Crippen molar-refractivity contribution in [2.75, 3.05) is 14.2 Å². The molecular formula is C15H27N3O. The zero-order valence-corrected chi connectivity index (χ0v) is 12.5. The van der Waals surface area contributed by atoms with Crippen LogP contribution in [0.15, 0.2) is 12.4 Å². The van der Waals surface area contributed by atoms with Crippen LogP contribution in [-0.4, -0.2) is 29.5 Å². The minimum Gasteiger partial charge on any atom is -0.376 e. The molecule has 2 rings (SSSR count). The number of aryl methyl sites for hydroxylation is 1. The van der Waals surface area contributed by atoms with Crippen molar-refractivity contribution in [2.45, 2.75) is 63.6 Å². The van der Waals surface area contributed by atoms with Crippen LogP contribution < -0.4 is 5.32 Å². The van der Waals surface area contributed by atoms with Gasteiger partial charge in [-0.05, 0) is 26.3 Å². The molecule has 0 aromatic carbocycles. The fraction of sp³-hybridized carbons (Fsp3) is 0.800. The zero-order valence-electron chi connectivity index (χ0n) is 12.5. The maximum Gasteiger partial charge on any atom is 0.0873 e. The fourth-order valence-electron chi connectivity index (χ4n) is 3.37. The molecule has 0 spiro atoms. The number of ether oxygens (including phenoxy) is 1. The van der Waals surface area contributed by atoms with E-state index in [0.717, 1.165) is 25.8 Å². The first-order chi connectivity index (χ1) is 9.25. The Labute approximate surface area is 116 Å². The first-order valence-electron chi connectivity index (χ1n) is 7.50. The molecule has 1 aliphatic rings. The van der Waals surface area contributed by atoms with E-state index in [2.05, 4.69) is 23.5 Å². The number of rotatable bonds is 6. The summed E-state index contributed by atoms with van der Waals surface area (Å²) in [5, 5.41) is 7.91. The molecule has 108 valence electrons. The van der Waals surface area contributed by atoms with E-state index in [1.54, 1.807) is 0 Å². The summed E-state index contributed by atoms with van der Waals surface area (Å²) in [6, 6.07) is 0.239. The van der Waals surface area contributed by atoms with Gasteiger partial charge in [0.15, 0.2) is 0 Å². The Hall–Kier alpha value is -0.870. The van der Waals surface area contributed by atoms with Crippen LogP contribution in [0.3, 0.4) is 0 Å². The average Bonchev–Trinajstić information content (AvgIpc) is 2.89. The topological polar surface area (TPSA) is 39.1 Å². The molecule has 0 radical (unpaired) electrons. The van der Waals surface area contributed by atoms with Crippen molar-refractivity contribution in [3.63, 3.8) is 0 Å². The molecule has 1 N–H and O–H groups in total. The van der Waals surface area contributed by atoms with Gasteiger partial charge < -0.3 is 10.1 Å². The van der Waals surface area contributed by atoms with Gasteiger partial charge in [0, 0.05) is 25.4 Å². The molecule has 1 saturated carbocycles. The predicted octanol–water partition coefficient (Wildman–Crippen LogP) is 2.90. The lowest BCUT2D eigenvalue weighted by Crippen LogP contribution is -2.45. The third-order valence-corrected chi connectivity index (χ3v) is 4.36. The lowest BCUT2D eigenvalue weighted by Gasteiger charge is -2.42. The normalized spacial score (nSPS) is 20.4. The van der Waals surface area contributed by atoms with E-state index < -0.39 is 0 Å². The lowest BCUT2D eigenvalue weighted by molar-refractivity contribution is -0.0671. The predicted molar refractivity (Wildman–Crippen MR) is 77.1 cm³/mol. The highest BCUT2D eigenvalue weighted by Crippen LogP contribution is 2.40. The Morgan fingerprint density at radius 3 is 2.74 bits per heavy atom. The molecule has 1 unspecified atom stereocenters. The molecule has 19 heavy (non-hydrogen) atoms. The molecule has 1 atom stereocenters. The minimum absolute atomic E-state index is 0.0624. The van der Waals surface area contributed by atoms with Crippen LogP contribution in [0.5, 0.6) is 0 Å². The van der Waals surface area contributed by atoms with Crippen molar-refractivity contribution in [3.8, 4) is 0 Å². The zero-order chi connectivity index (χ0) is 13.7. The van der Waals surface area contributed by atoms with E-state index >= 15 is 0 Å². The molecule has 1 aliphatic carbocycles. The van der Waals surface area contributed by atoms with Crippen molar-refractivity contribution >= 4 is 0 Å². The Balaban J connectivity index is 2.20. The third kappa shape index (κ3) is 3.00. The van der Waals surface area contributed by atoms with Crippen LogP contribution in [0, 0.1) is 0 Å². The lowest BCUT2D eigenvalue weighted by atomic mass is 9.77. The van der Waals surface area contributed by atoms with E-state index in [9.17, 15) is 0 Å². The molecule has 0 amide bonds. The van der Waals surface area contributed by atoms with Crippen molar-refractivity contribution < 1.29 is 4.74 Å². The number of nitrogens with zero attached hydrogens (tertiary/aromatic N) is 2. The fourth-order valence-corrected chi connectivity index (χ4v) is 3.37. The SMILES string of the molecule is CCCn1cc(C(NC)C2(OC)CCCCC2)cn1. The Bertz CT molecular complexity index is 382. The summed E-state index contributed by atoms with van der Waals surface area (Å²) < 4.78 is 7.99. The van der Waals surface area contributed by atoms with Crippen molar-refractivity contribution in [1.82, 2.24) is 15.1 Å². The molecular weight excluding hydrogens is 238 g/mol. The second kappa shape index (κ2) is 6.53. The van der Waals surface area contributed by atoms with Gasteiger partial charge in [-0.1, -0.05) is 26.2 Å². The van der Waals surface area contributed by atoms with Gasteiger partial charge >= 0.3 is 0 Å². The summed E-state index contributed by atoms with van der Waals surface area (Å²) in [6.45, 7) is 3.16. The van der Waals surface area contributed by atoms with Crippen LogP contribution in [0.2, 0.25) is 0 Å². The molecule has 1 aromatic rings. The summed E-state index contributed by atoms with van der Waals surface area (Å²) in [6.07, 6.45) is 11.4. The van der Waals surface area contributed by atoms with Crippen molar-refractivity contribution in [3.05, 3.63) is 18.0 Å². The van der Waals surface area contributed by atoms with Crippen molar-refractivity contribution in [2.24, 2.45) is 0 Å². The van der Waals surface area contributed by atoms with Crippen LogP contribution in [-0.2, 0) is 11.3 Å². The van der Waals surface area contributed by atoms with Crippen LogP contribution >= 0.6 is 0 Å². The molecule has 1 fully saturated rings. The quantitative estimate of drug-likeness (QED) is 0.859. The highest BCUT2D eigenvalue weighted by atomic mass is 16.5. The number of methoxy groups -OCH3 is 1. The molecule has 1 aromatic heterocycles. The van der Waals surface area contributed by atoms with Crippen LogP contribution in [0.25, 0.3) is 0 Å². The minimum atomic E-state index is -0.0624. The van der Waals surface area contributed by atoms with E-state index in [1.807, 2.05) is 25.0 Å². The number of hydrogen-bond donors (Lipinski definition) is 1. The number of nitrogens with one attached hydrogen (secondary N) is 1. The third-order valence-electron chi connectivity index (χ3n) is 4.36. The molecule has 4 heteroatoms. The monoisotopic (exact) mass is 265 g/mol. The van der Waals surface area contributed by atoms with Crippen molar-refractivity contribution in [1.29, 1.82) is 0 Å². The van der Waals surface area contributed by atoms with Gasteiger partial charge in [0.05, 0.1) is 17.8 Å². The van der Waals surface area contributed by atoms with Gasteiger partial charge in [0.2, 0.25) is 0 Å². The summed E-state index contributed by atoms with van der Waals surface area (Å²) in [4.78, 5) is 0. The standard InChI is InChI=1S/C15H27N3O/c1-4-10-18-12-13(11-17-18)14(16-2)15(19-3)8-6-5-7-9-15/h11-12,14,16H,4-10H2,1-3H3. The molecule has 0 aliphatic heterocycles. The van der Waals surface area contributed by atoms with Gasteiger partial charge in [-0.3, -0.25) is 4.68 Å². The molecule has 0 saturated heterocycles. The number of likely N-dealkylation sites (N-methyl/N-ethyl adjacent to an activating group) is 1. The van der Waals surface area contributed by atoms with Gasteiger partial charge in [0.25, 0.3) is 0 Å². The van der Waals surface area contributed by atoms with Gasteiger partial charge in [-0.2, -0.15) is 5.10 Å². The summed E-state index contributed by atoms with van der Waals surface area (Å²) in [5.74, 6) is 0. The average molecular weight is 265 g/mol. The maximum absolute atomic E-state index is 5.96. The largest absolute Gasteiger partial charge is 0.376 e. The second-order valence-electron chi connectivity index (χ2n) is 5.59. The van der Waals surface area contributed by atoms with E-state index in [4.69, 9.17) is 4.74 Å². The highest BCUT2D eigenvalue weighted by molar-refractivity contribution is 5.17. The van der Waals surface area contributed by atoms with Gasteiger partial charge in [-0.25, -0.2) is 0 Å². The van der Waals surface area contributed by atoms with E-state index in [-0.39, 0.29) is 11.6 Å². The van der Waals surface area contributed by atoms with Crippen LogP contribution in [0.4, 0.5) is 0 Å². The van der Waals surface area contributed by atoms with E-state index in [0.29, 0.717) is 0 Å². The number of aromatic nitrogens is 2. The molecule has 1 heterocycles. The van der Waals surface area contributed by atoms with E-state index in [1.165, 1.54) is 24.8 Å². The van der Waals surface area contributed by atoms with Gasteiger partial charge in [-0.15, -0.1) is 0 Å². The van der Waals surface area contributed by atoms with Gasteiger partial charge in [0.1, 0.15) is 0 Å². The second-order valence-corrected chi connectivity index (χ2v) is 5.59. The summed E-state index contributed by atoms with van der Waals surface area (Å²) in [7, 11) is 3.88. The molecule has 4 nitrogen and oxygen atoms in total. The first kappa shape index (κ1) is 14.5. The number of hydrogen-bond acceptors (Lipinski definition) is 3. The van der Waals surface area contributed by atoms with Crippen LogP contribution in [0.1, 0.15) is 57.1 Å². The maximum atomic E-state index is 5.96. The smallest absolute Gasteiger partial charge is 0.0873 e. The molecule has 0 bridgehead atoms. The Kier molecular flexibility index (Phi) is 4.99. The summed E-state index contributed by atoms with van der Waals surface area (Å²) in [5.41, 5.74) is 1.19. The highest BCUT2D eigenvalue weighted by Gasteiger charge is 2.40. The Morgan fingerprint density at radius 2 is 2.16 bits per heavy atom. The Morgan fingerprint density at radius 1 is 1.42 bits per heavy atom. The summed E-state index contributed by atoms with van der Waals surface area (Å²) >= 11 is 0.